The fourth-order valence-electron chi connectivity index (χ4n) is 0.910. The minimum atomic E-state index is -0.920. The Hall–Kier alpha value is -1.63. The fraction of sp³-hybridized carbons (Fsp3) is 0.667. The summed E-state index contributed by atoms with van der Waals surface area (Å²) in [5.41, 5.74) is 0. The van der Waals surface area contributed by atoms with Crippen molar-refractivity contribution in [2.75, 3.05) is 27.9 Å². The summed E-state index contributed by atoms with van der Waals surface area (Å²) in [4.78, 5) is 33.0. The summed E-state index contributed by atoms with van der Waals surface area (Å²) in [5.74, 6) is -1.76. The van der Waals surface area contributed by atoms with Gasteiger partial charge in [-0.05, 0) is 0 Å². The first-order valence-electron chi connectivity index (χ1n) is 4.50. The molecular formula is C9H15NO6. The van der Waals surface area contributed by atoms with Crippen molar-refractivity contribution < 1.29 is 28.6 Å². The number of methoxy groups -OCH3 is 3. The van der Waals surface area contributed by atoms with Gasteiger partial charge in [0.2, 0.25) is 0 Å². The van der Waals surface area contributed by atoms with Gasteiger partial charge in [-0.25, -0.2) is 0 Å². The standard InChI is InChI=1S/C9H15NO6/c1-14-7(11)4-6(9(13)16-3)10-5-8(12)15-2/h6,10H,4-5H2,1-3H3/t6-/m0/s1. The van der Waals surface area contributed by atoms with Gasteiger partial charge in [0.15, 0.2) is 0 Å². The molecule has 0 aromatic heterocycles. The topological polar surface area (TPSA) is 90.9 Å². The van der Waals surface area contributed by atoms with E-state index in [4.69, 9.17) is 0 Å². The van der Waals surface area contributed by atoms with Gasteiger partial charge in [-0.2, -0.15) is 0 Å². The number of rotatable bonds is 6. The van der Waals surface area contributed by atoms with Crippen LogP contribution < -0.4 is 5.32 Å². The number of carbonyl (C=O) groups is 3. The SMILES string of the molecule is COC(=O)CN[C@@H](CC(=O)OC)C(=O)OC. The third-order valence-electron chi connectivity index (χ3n) is 1.80. The van der Waals surface area contributed by atoms with Crippen LogP contribution in [0.5, 0.6) is 0 Å². The first kappa shape index (κ1) is 14.4. The largest absolute Gasteiger partial charge is 0.469 e. The van der Waals surface area contributed by atoms with Gasteiger partial charge in [0.25, 0.3) is 0 Å². The lowest BCUT2D eigenvalue weighted by molar-refractivity contribution is -0.150. The number of hydrogen-bond donors (Lipinski definition) is 1. The van der Waals surface area contributed by atoms with Crippen LogP contribution in [-0.4, -0.2) is 51.8 Å². The molecule has 0 aromatic rings. The molecule has 0 unspecified atom stereocenters. The smallest absolute Gasteiger partial charge is 0.323 e. The molecule has 1 atom stereocenters. The highest BCUT2D eigenvalue weighted by Crippen LogP contribution is 1.97. The Morgan fingerprint density at radius 1 is 1.00 bits per heavy atom. The van der Waals surface area contributed by atoms with Gasteiger partial charge in [0.05, 0.1) is 34.3 Å². The molecule has 0 saturated carbocycles. The van der Waals surface area contributed by atoms with Crippen LogP contribution in [-0.2, 0) is 28.6 Å². The number of ether oxygens (including phenoxy) is 3. The van der Waals surface area contributed by atoms with Gasteiger partial charge in [-0.3, -0.25) is 19.7 Å². The second-order valence-corrected chi connectivity index (χ2v) is 2.81. The summed E-state index contributed by atoms with van der Waals surface area (Å²) in [7, 11) is 3.61. The highest BCUT2D eigenvalue weighted by Gasteiger charge is 2.23. The first-order chi connectivity index (χ1) is 7.54. The summed E-state index contributed by atoms with van der Waals surface area (Å²) >= 11 is 0. The predicted octanol–water partition coefficient (Wildman–Crippen LogP) is -1.15. The van der Waals surface area contributed by atoms with Crippen molar-refractivity contribution >= 4 is 17.9 Å². The van der Waals surface area contributed by atoms with E-state index in [9.17, 15) is 14.4 Å². The lowest BCUT2D eigenvalue weighted by atomic mass is 10.2. The molecule has 7 nitrogen and oxygen atoms in total. The summed E-state index contributed by atoms with van der Waals surface area (Å²) in [6.07, 6.45) is -0.208. The van der Waals surface area contributed by atoms with Crippen molar-refractivity contribution in [3.8, 4) is 0 Å². The van der Waals surface area contributed by atoms with Crippen molar-refractivity contribution in [1.29, 1.82) is 0 Å². The highest BCUT2D eigenvalue weighted by atomic mass is 16.5. The van der Waals surface area contributed by atoms with E-state index in [2.05, 4.69) is 19.5 Å². The lowest BCUT2D eigenvalue weighted by Gasteiger charge is -2.14. The number of hydrogen-bond acceptors (Lipinski definition) is 7. The van der Waals surface area contributed by atoms with E-state index in [1.807, 2.05) is 0 Å². The molecule has 0 aliphatic rings. The maximum Gasteiger partial charge on any atom is 0.323 e. The molecule has 0 aliphatic heterocycles. The van der Waals surface area contributed by atoms with Crippen LogP contribution in [0.2, 0.25) is 0 Å². The molecule has 0 heterocycles. The Bertz CT molecular complexity index is 265. The van der Waals surface area contributed by atoms with Gasteiger partial charge in [-0.1, -0.05) is 0 Å². The molecule has 0 aromatic carbocycles. The molecule has 0 spiro atoms. The second kappa shape index (κ2) is 7.63. The van der Waals surface area contributed by atoms with Gasteiger partial charge >= 0.3 is 17.9 Å². The summed E-state index contributed by atoms with van der Waals surface area (Å²) < 4.78 is 13.2. The van der Waals surface area contributed by atoms with Gasteiger partial charge in [-0.15, -0.1) is 0 Å². The zero-order valence-corrected chi connectivity index (χ0v) is 9.44. The predicted molar refractivity (Wildman–Crippen MR) is 52.5 cm³/mol. The maximum atomic E-state index is 11.2. The van der Waals surface area contributed by atoms with Crippen LogP contribution in [0.3, 0.4) is 0 Å². The molecular weight excluding hydrogens is 218 g/mol. The zero-order chi connectivity index (χ0) is 12.6. The normalized spacial score (nSPS) is 11.4. The Labute approximate surface area is 93.0 Å². The average Bonchev–Trinajstić information content (AvgIpc) is 2.32. The average molecular weight is 233 g/mol. The molecule has 0 aliphatic carbocycles. The minimum absolute atomic E-state index is 0.187. The van der Waals surface area contributed by atoms with Crippen LogP contribution in [0.15, 0.2) is 0 Å². The molecule has 0 fully saturated rings. The summed E-state index contributed by atoms with van der Waals surface area (Å²) in [6, 6.07) is -0.920. The summed E-state index contributed by atoms with van der Waals surface area (Å²) in [5, 5.41) is 2.54. The third-order valence-corrected chi connectivity index (χ3v) is 1.80. The third kappa shape index (κ3) is 5.30. The van der Waals surface area contributed by atoms with E-state index in [-0.39, 0.29) is 13.0 Å². The minimum Gasteiger partial charge on any atom is -0.469 e. The Morgan fingerprint density at radius 2 is 1.56 bits per heavy atom. The highest BCUT2D eigenvalue weighted by molar-refractivity contribution is 5.83. The van der Waals surface area contributed by atoms with Crippen molar-refractivity contribution in [3.05, 3.63) is 0 Å². The van der Waals surface area contributed by atoms with Crippen molar-refractivity contribution in [2.45, 2.75) is 12.5 Å². The zero-order valence-electron chi connectivity index (χ0n) is 9.44. The Balaban J connectivity index is 4.26. The van der Waals surface area contributed by atoms with Crippen LogP contribution in [0.4, 0.5) is 0 Å². The van der Waals surface area contributed by atoms with Crippen LogP contribution in [0.25, 0.3) is 0 Å². The maximum absolute atomic E-state index is 11.2. The Kier molecular flexibility index (Phi) is 6.86. The molecule has 0 bridgehead atoms. The van der Waals surface area contributed by atoms with E-state index in [1.165, 1.54) is 21.3 Å². The van der Waals surface area contributed by atoms with Crippen molar-refractivity contribution in [2.24, 2.45) is 0 Å². The number of nitrogens with one attached hydrogen (secondary N) is 1. The first-order valence-corrected chi connectivity index (χ1v) is 4.50. The van der Waals surface area contributed by atoms with Crippen LogP contribution >= 0.6 is 0 Å². The van der Waals surface area contributed by atoms with E-state index in [0.29, 0.717) is 0 Å². The quantitative estimate of drug-likeness (QED) is 0.457. The van der Waals surface area contributed by atoms with E-state index < -0.39 is 23.9 Å². The number of esters is 3. The molecule has 1 N–H and O–H groups in total. The molecule has 0 rings (SSSR count). The number of carbonyl (C=O) groups excluding carboxylic acids is 3. The molecule has 0 radical (unpaired) electrons. The Morgan fingerprint density at radius 3 is 2.00 bits per heavy atom. The van der Waals surface area contributed by atoms with Crippen molar-refractivity contribution in [1.82, 2.24) is 5.32 Å². The van der Waals surface area contributed by atoms with Gasteiger partial charge in [0.1, 0.15) is 6.04 Å². The molecule has 16 heavy (non-hydrogen) atoms. The van der Waals surface area contributed by atoms with Gasteiger partial charge < -0.3 is 14.2 Å². The lowest BCUT2D eigenvalue weighted by Crippen LogP contribution is -2.42. The van der Waals surface area contributed by atoms with Crippen LogP contribution in [0, 0.1) is 0 Å². The van der Waals surface area contributed by atoms with E-state index >= 15 is 0 Å². The molecule has 0 saturated heterocycles. The van der Waals surface area contributed by atoms with E-state index in [0.717, 1.165) is 0 Å². The van der Waals surface area contributed by atoms with Crippen molar-refractivity contribution in [3.63, 3.8) is 0 Å². The monoisotopic (exact) mass is 233 g/mol. The fourth-order valence-corrected chi connectivity index (χ4v) is 0.910. The second-order valence-electron chi connectivity index (χ2n) is 2.81. The molecule has 0 amide bonds. The molecule has 92 valence electrons. The van der Waals surface area contributed by atoms with Gasteiger partial charge in [0, 0.05) is 0 Å². The summed E-state index contributed by atoms with van der Waals surface area (Å²) in [6.45, 7) is -0.187. The molecule has 7 heteroatoms. The van der Waals surface area contributed by atoms with E-state index in [1.54, 1.807) is 0 Å². The van der Waals surface area contributed by atoms with Crippen LogP contribution in [0.1, 0.15) is 6.42 Å².